The first-order chi connectivity index (χ1) is 8.60. The zero-order valence-electron chi connectivity index (χ0n) is 10.3. The quantitative estimate of drug-likeness (QED) is 0.834. The molecule has 0 aliphatic carbocycles. The van der Waals surface area contributed by atoms with E-state index in [-0.39, 0.29) is 0 Å². The van der Waals surface area contributed by atoms with Crippen molar-refractivity contribution in [1.29, 1.82) is 0 Å². The molecule has 96 valence electrons. The van der Waals surface area contributed by atoms with Crippen molar-refractivity contribution in [2.45, 2.75) is 6.54 Å². The molecule has 0 atom stereocenters. The SMILES string of the molecule is COc1cc(NCc2ccc(Cl)c(N)c2)nn1C. The van der Waals surface area contributed by atoms with Crippen LogP contribution in [0.5, 0.6) is 5.88 Å². The summed E-state index contributed by atoms with van der Waals surface area (Å²) < 4.78 is 6.80. The number of nitrogens with one attached hydrogen (secondary N) is 1. The highest BCUT2D eigenvalue weighted by Crippen LogP contribution is 2.21. The van der Waals surface area contributed by atoms with Crippen molar-refractivity contribution in [3.8, 4) is 5.88 Å². The van der Waals surface area contributed by atoms with Gasteiger partial charge in [-0.15, -0.1) is 0 Å². The van der Waals surface area contributed by atoms with E-state index in [9.17, 15) is 0 Å². The van der Waals surface area contributed by atoms with E-state index in [2.05, 4.69) is 10.4 Å². The van der Waals surface area contributed by atoms with E-state index in [1.54, 1.807) is 17.9 Å². The first-order valence-electron chi connectivity index (χ1n) is 5.46. The topological polar surface area (TPSA) is 65.1 Å². The Kier molecular flexibility index (Phi) is 3.62. The maximum Gasteiger partial charge on any atom is 0.213 e. The molecular formula is C12H15ClN4O. The second kappa shape index (κ2) is 5.18. The number of hydrogen-bond acceptors (Lipinski definition) is 4. The lowest BCUT2D eigenvalue weighted by molar-refractivity contribution is 0.373. The van der Waals surface area contributed by atoms with Crippen LogP contribution < -0.4 is 15.8 Å². The minimum absolute atomic E-state index is 0.568. The van der Waals surface area contributed by atoms with E-state index in [0.29, 0.717) is 23.1 Å². The summed E-state index contributed by atoms with van der Waals surface area (Å²) >= 11 is 5.86. The lowest BCUT2D eigenvalue weighted by atomic mass is 10.2. The van der Waals surface area contributed by atoms with Gasteiger partial charge in [0.25, 0.3) is 0 Å². The molecule has 0 unspecified atom stereocenters. The number of anilines is 2. The fraction of sp³-hybridized carbons (Fsp3) is 0.250. The van der Waals surface area contributed by atoms with Gasteiger partial charge in [0.05, 0.1) is 17.8 Å². The summed E-state index contributed by atoms with van der Waals surface area (Å²) in [5.74, 6) is 1.45. The Morgan fingerprint density at radius 3 is 2.83 bits per heavy atom. The number of benzene rings is 1. The first kappa shape index (κ1) is 12.6. The van der Waals surface area contributed by atoms with Crippen LogP contribution >= 0.6 is 11.6 Å². The van der Waals surface area contributed by atoms with Gasteiger partial charge < -0.3 is 15.8 Å². The second-order valence-electron chi connectivity index (χ2n) is 3.90. The van der Waals surface area contributed by atoms with Crippen molar-refractivity contribution in [2.75, 3.05) is 18.2 Å². The predicted molar refractivity (Wildman–Crippen MR) is 73.0 cm³/mol. The van der Waals surface area contributed by atoms with Crippen LogP contribution in [0.2, 0.25) is 5.02 Å². The first-order valence-corrected chi connectivity index (χ1v) is 5.83. The van der Waals surface area contributed by atoms with Crippen LogP contribution in [-0.2, 0) is 13.6 Å². The average Bonchev–Trinajstić information content (AvgIpc) is 2.71. The van der Waals surface area contributed by atoms with Crippen LogP contribution in [0.15, 0.2) is 24.3 Å². The number of ether oxygens (including phenoxy) is 1. The molecule has 2 rings (SSSR count). The molecule has 1 heterocycles. The third-order valence-corrected chi connectivity index (χ3v) is 2.92. The number of nitrogens with two attached hydrogens (primary N) is 1. The Bertz CT molecular complexity index is 553. The Labute approximate surface area is 110 Å². The van der Waals surface area contributed by atoms with Crippen molar-refractivity contribution < 1.29 is 4.74 Å². The number of halogens is 1. The largest absolute Gasteiger partial charge is 0.481 e. The van der Waals surface area contributed by atoms with Crippen LogP contribution in [-0.4, -0.2) is 16.9 Å². The third-order valence-electron chi connectivity index (χ3n) is 2.58. The molecule has 0 radical (unpaired) electrons. The van der Waals surface area contributed by atoms with E-state index < -0.39 is 0 Å². The fourth-order valence-corrected chi connectivity index (χ4v) is 1.74. The predicted octanol–water partition coefficient (Wildman–Crippen LogP) is 2.28. The number of aromatic nitrogens is 2. The van der Waals surface area contributed by atoms with Gasteiger partial charge >= 0.3 is 0 Å². The number of rotatable bonds is 4. The van der Waals surface area contributed by atoms with E-state index >= 15 is 0 Å². The minimum atomic E-state index is 0.568. The smallest absolute Gasteiger partial charge is 0.213 e. The van der Waals surface area contributed by atoms with Crippen LogP contribution in [0, 0.1) is 0 Å². The number of nitrogen functional groups attached to an aromatic ring is 1. The van der Waals surface area contributed by atoms with Crippen molar-refractivity contribution >= 4 is 23.1 Å². The third kappa shape index (κ3) is 2.68. The van der Waals surface area contributed by atoms with Gasteiger partial charge in [0.15, 0.2) is 5.82 Å². The van der Waals surface area contributed by atoms with Gasteiger partial charge in [-0.2, -0.15) is 5.10 Å². The Hall–Kier alpha value is -1.88. The standard InChI is InChI=1S/C12H15ClN4O/c1-17-12(18-2)6-11(16-17)15-7-8-3-4-9(13)10(14)5-8/h3-6H,7,14H2,1-2H3,(H,15,16). The van der Waals surface area contributed by atoms with Crippen molar-refractivity contribution in [3.63, 3.8) is 0 Å². The average molecular weight is 267 g/mol. The summed E-state index contributed by atoms with van der Waals surface area (Å²) in [6, 6.07) is 7.38. The van der Waals surface area contributed by atoms with Crippen LogP contribution in [0.1, 0.15) is 5.56 Å². The van der Waals surface area contributed by atoms with Crippen molar-refractivity contribution in [1.82, 2.24) is 9.78 Å². The molecule has 1 aromatic heterocycles. The lowest BCUT2D eigenvalue weighted by Gasteiger charge is -2.05. The molecular weight excluding hydrogens is 252 g/mol. The second-order valence-corrected chi connectivity index (χ2v) is 4.31. The fourth-order valence-electron chi connectivity index (χ4n) is 1.62. The zero-order chi connectivity index (χ0) is 13.1. The summed E-state index contributed by atoms with van der Waals surface area (Å²) in [4.78, 5) is 0. The van der Waals surface area contributed by atoms with Crippen LogP contribution in [0.25, 0.3) is 0 Å². The summed E-state index contributed by atoms with van der Waals surface area (Å²) in [5.41, 5.74) is 7.36. The molecule has 0 saturated carbocycles. The summed E-state index contributed by atoms with van der Waals surface area (Å²) in [6.07, 6.45) is 0. The minimum Gasteiger partial charge on any atom is -0.481 e. The molecule has 1 aromatic carbocycles. The van der Waals surface area contributed by atoms with Gasteiger partial charge in [0.2, 0.25) is 5.88 Å². The Morgan fingerprint density at radius 2 is 2.22 bits per heavy atom. The maximum absolute atomic E-state index is 5.86. The van der Waals surface area contributed by atoms with Gasteiger partial charge in [-0.3, -0.25) is 0 Å². The summed E-state index contributed by atoms with van der Waals surface area (Å²) in [7, 11) is 3.44. The molecule has 0 fully saturated rings. The molecule has 18 heavy (non-hydrogen) atoms. The highest BCUT2D eigenvalue weighted by Gasteiger charge is 2.04. The molecule has 0 aliphatic heterocycles. The normalized spacial score (nSPS) is 10.4. The van der Waals surface area contributed by atoms with E-state index in [0.717, 1.165) is 11.4 Å². The van der Waals surface area contributed by atoms with Gasteiger partial charge in [0, 0.05) is 19.7 Å². The molecule has 3 N–H and O–H groups in total. The Morgan fingerprint density at radius 1 is 1.44 bits per heavy atom. The van der Waals surface area contributed by atoms with E-state index in [1.165, 1.54) is 0 Å². The number of aryl methyl sites for hydroxylation is 1. The number of methoxy groups -OCH3 is 1. The molecule has 0 amide bonds. The Balaban J connectivity index is 2.04. The van der Waals surface area contributed by atoms with Crippen LogP contribution in [0.4, 0.5) is 11.5 Å². The van der Waals surface area contributed by atoms with Gasteiger partial charge in [-0.05, 0) is 17.7 Å². The molecule has 0 aliphatic rings. The van der Waals surface area contributed by atoms with Crippen molar-refractivity contribution in [2.24, 2.45) is 7.05 Å². The van der Waals surface area contributed by atoms with Crippen molar-refractivity contribution in [3.05, 3.63) is 34.9 Å². The molecule has 2 aromatic rings. The number of hydrogen-bond donors (Lipinski definition) is 2. The molecule has 5 nitrogen and oxygen atoms in total. The monoisotopic (exact) mass is 266 g/mol. The molecule has 0 spiro atoms. The lowest BCUT2D eigenvalue weighted by Crippen LogP contribution is -2.01. The van der Waals surface area contributed by atoms with Crippen LogP contribution in [0.3, 0.4) is 0 Å². The van der Waals surface area contributed by atoms with E-state index in [4.69, 9.17) is 22.1 Å². The van der Waals surface area contributed by atoms with Gasteiger partial charge in [-0.1, -0.05) is 17.7 Å². The molecule has 0 saturated heterocycles. The zero-order valence-corrected chi connectivity index (χ0v) is 11.0. The highest BCUT2D eigenvalue weighted by atomic mass is 35.5. The van der Waals surface area contributed by atoms with E-state index in [1.807, 2.05) is 25.2 Å². The van der Waals surface area contributed by atoms with Gasteiger partial charge in [-0.25, -0.2) is 4.68 Å². The van der Waals surface area contributed by atoms with Gasteiger partial charge in [0.1, 0.15) is 0 Å². The maximum atomic E-state index is 5.86. The molecule has 6 heteroatoms. The number of nitrogens with zero attached hydrogens (tertiary/aromatic N) is 2. The molecule has 0 bridgehead atoms. The highest BCUT2D eigenvalue weighted by molar-refractivity contribution is 6.33. The summed E-state index contributed by atoms with van der Waals surface area (Å²) in [6.45, 7) is 0.627. The summed E-state index contributed by atoms with van der Waals surface area (Å²) in [5, 5.41) is 8.02.